The van der Waals surface area contributed by atoms with Crippen LogP contribution in [0.2, 0.25) is 0 Å². The number of methoxy groups -OCH3 is 1. The van der Waals surface area contributed by atoms with Gasteiger partial charge in [-0.25, -0.2) is 19.4 Å². The standard InChI is InChI=1S/C32H39FN4O5S/c1-7-43(5,6)19-18-40-22-37-31(42-27-15-13-26(33)14-16-27)35-29(36-37)24-10-8-23(9-11-24)25-12-17-28(34-20-25)41-21-32(2,3)30(38)39-4/h8-17,20H,7,18-19,21-22H2,1-6H3. The van der Waals surface area contributed by atoms with Crippen molar-refractivity contribution in [2.24, 2.45) is 5.41 Å². The number of carbonyl (C=O) groups is 1. The number of rotatable bonds is 14. The van der Waals surface area contributed by atoms with E-state index in [-0.39, 0.29) is 31.1 Å². The lowest BCUT2D eigenvalue weighted by Gasteiger charge is -2.29. The van der Waals surface area contributed by atoms with Crippen LogP contribution < -0.4 is 9.47 Å². The molecular weight excluding hydrogens is 571 g/mol. The molecule has 0 unspecified atom stereocenters. The minimum absolute atomic E-state index is 0.149. The predicted molar refractivity (Wildman–Crippen MR) is 167 cm³/mol. The van der Waals surface area contributed by atoms with Crippen LogP contribution in [-0.2, 0) is 21.0 Å². The summed E-state index contributed by atoms with van der Waals surface area (Å²) in [5, 5.41) is 4.65. The maximum absolute atomic E-state index is 13.4. The highest BCUT2D eigenvalue weighted by molar-refractivity contribution is 8.32. The second kappa shape index (κ2) is 14.0. The van der Waals surface area contributed by atoms with Gasteiger partial charge in [0.1, 0.15) is 24.9 Å². The van der Waals surface area contributed by atoms with Crippen molar-refractivity contribution in [3.05, 3.63) is 72.7 Å². The van der Waals surface area contributed by atoms with Gasteiger partial charge in [0.2, 0.25) is 5.88 Å². The summed E-state index contributed by atoms with van der Waals surface area (Å²) in [5.41, 5.74) is 1.86. The van der Waals surface area contributed by atoms with E-state index in [0.29, 0.717) is 24.1 Å². The minimum Gasteiger partial charge on any atom is -0.476 e. The van der Waals surface area contributed by atoms with E-state index in [0.717, 1.165) is 28.2 Å². The molecule has 11 heteroatoms. The van der Waals surface area contributed by atoms with Crippen molar-refractivity contribution < 1.29 is 28.1 Å². The Morgan fingerprint density at radius 2 is 1.65 bits per heavy atom. The van der Waals surface area contributed by atoms with Gasteiger partial charge in [-0.15, -0.1) is 5.10 Å². The molecular formula is C32H39FN4O5S. The summed E-state index contributed by atoms with van der Waals surface area (Å²) in [6, 6.07) is 17.4. The Balaban J connectivity index is 1.47. The van der Waals surface area contributed by atoms with Crippen molar-refractivity contribution >= 4 is 16.0 Å². The SMILES string of the molecule is CCS(C)(C)CCOCn1nc(-c2ccc(-c3ccc(OCC(C)(C)C(=O)OC)nc3)cc2)nc1Oc1ccc(F)cc1. The first-order valence-corrected chi connectivity index (χ1v) is 16.7. The van der Waals surface area contributed by atoms with Crippen molar-refractivity contribution in [1.29, 1.82) is 0 Å². The number of carbonyl (C=O) groups excluding carboxylic acids is 1. The second-order valence-corrected chi connectivity index (χ2v) is 15.7. The largest absolute Gasteiger partial charge is 0.476 e. The second-order valence-electron chi connectivity index (χ2n) is 11.2. The molecule has 2 aromatic carbocycles. The Morgan fingerprint density at radius 3 is 2.28 bits per heavy atom. The lowest BCUT2D eigenvalue weighted by atomic mass is 9.95. The van der Waals surface area contributed by atoms with E-state index in [9.17, 15) is 9.18 Å². The van der Waals surface area contributed by atoms with Gasteiger partial charge < -0.3 is 18.9 Å². The zero-order valence-electron chi connectivity index (χ0n) is 25.5. The van der Waals surface area contributed by atoms with Gasteiger partial charge in [0.25, 0.3) is 0 Å². The number of esters is 1. The van der Waals surface area contributed by atoms with E-state index in [1.807, 2.05) is 30.3 Å². The average Bonchev–Trinajstić information content (AvgIpc) is 3.41. The molecule has 0 aliphatic rings. The van der Waals surface area contributed by atoms with Crippen molar-refractivity contribution in [1.82, 2.24) is 19.7 Å². The molecule has 43 heavy (non-hydrogen) atoms. The Kier molecular flexibility index (Phi) is 10.4. The Morgan fingerprint density at radius 1 is 0.977 bits per heavy atom. The lowest BCUT2D eigenvalue weighted by Crippen LogP contribution is -2.32. The molecule has 9 nitrogen and oxygen atoms in total. The molecule has 4 aromatic rings. The summed E-state index contributed by atoms with van der Waals surface area (Å²) >= 11 is 0. The first-order valence-electron chi connectivity index (χ1n) is 13.9. The zero-order chi connectivity index (χ0) is 31.0. The molecule has 0 saturated heterocycles. The van der Waals surface area contributed by atoms with E-state index in [1.54, 1.807) is 42.9 Å². The number of pyridine rings is 1. The lowest BCUT2D eigenvalue weighted by molar-refractivity contribution is -0.152. The van der Waals surface area contributed by atoms with Gasteiger partial charge >= 0.3 is 12.0 Å². The molecule has 0 radical (unpaired) electrons. The van der Waals surface area contributed by atoms with Gasteiger partial charge in [0, 0.05) is 29.1 Å². The molecule has 0 spiro atoms. The molecule has 230 valence electrons. The van der Waals surface area contributed by atoms with Crippen molar-refractivity contribution in [2.75, 3.05) is 44.3 Å². The molecule has 0 atom stereocenters. The fourth-order valence-corrected chi connectivity index (χ4v) is 4.69. The molecule has 0 amide bonds. The van der Waals surface area contributed by atoms with Crippen LogP contribution in [0.3, 0.4) is 0 Å². The fraction of sp³-hybridized carbons (Fsp3) is 0.375. The number of halogens is 1. The van der Waals surface area contributed by atoms with Gasteiger partial charge in [-0.2, -0.15) is 9.67 Å². The van der Waals surface area contributed by atoms with E-state index >= 15 is 0 Å². The van der Waals surface area contributed by atoms with Gasteiger partial charge in [0.15, 0.2) is 5.82 Å². The molecule has 0 aliphatic carbocycles. The topological polar surface area (TPSA) is 97.6 Å². The Labute approximate surface area is 253 Å². The predicted octanol–water partition coefficient (Wildman–Crippen LogP) is 6.57. The van der Waals surface area contributed by atoms with Crippen molar-refractivity contribution in [2.45, 2.75) is 27.5 Å². The maximum atomic E-state index is 13.4. The van der Waals surface area contributed by atoms with E-state index in [1.165, 1.54) is 19.2 Å². The monoisotopic (exact) mass is 610 g/mol. The third-order valence-corrected chi connectivity index (χ3v) is 9.80. The van der Waals surface area contributed by atoms with E-state index in [2.05, 4.69) is 34.5 Å². The number of hydrogen-bond donors (Lipinski definition) is 0. The number of aromatic nitrogens is 4. The molecule has 0 bridgehead atoms. The zero-order valence-corrected chi connectivity index (χ0v) is 26.3. The fourth-order valence-electron chi connectivity index (χ4n) is 3.84. The summed E-state index contributed by atoms with van der Waals surface area (Å²) in [4.78, 5) is 20.9. The van der Waals surface area contributed by atoms with Crippen molar-refractivity contribution in [3.63, 3.8) is 0 Å². The number of benzene rings is 2. The molecule has 2 heterocycles. The minimum atomic E-state index is -0.783. The molecule has 0 saturated carbocycles. The van der Waals surface area contributed by atoms with Crippen LogP contribution in [0.15, 0.2) is 66.9 Å². The number of hydrogen-bond acceptors (Lipinski definition) is 8. The third-order valence-electron chi connectivity index (χ3n) is 6.97. The summed E-state index contributed by atoms with van der Waals surface area (Å²) in [6.07, 6.45) is 6.31. The Hall–Kier alpha value is -3.96. The van der Waals surface area contributed by atoms with E-state index in [4.69, 9.17) is 18.9 Å². The Bertz CT molecular complexity index is 1490. The summed E-state index contributed by atoms with van der Waals surface area (Å²) in [5.74, 6) is 2.78. The number of ether oxygens (including phenoxy) is 4. The molecule has 0 fully saturated rings. The average molecular weight is 611 g/mol. The van der Waals surface area contributed by atoms with E-state index < -0.39 is 15.4 Å². The van der Waals surface area contributed by atoms with Crippen LogP contribution >= 0.6 is 10.0 Å². The van der Waals surface area contributed by atoms with Gasteiger partial charge in [-0.3, -0.25) is 4.79 Å². The highest BCUT2D eigenvalue weighted by atomic mass is 32.3. The van der Waals surface area contributed by atoms with Crippen LogP contribution in [0, 0.1) is 11.2 Å². The molecule has 0 aliphatic heterocycles. The van der Waals surface area contributed by atoms with Crippen molar-refractivity contribution in [3.8, 4) is 40.2 Å². The van der Waals surface area contributed by atoms with Crippen LogP contribution in [0.25, 0.3) is 22.5 Å². The van der Waals surface area contributed by atoms with Gasteiger partial charge in [-0.1, -0.05) is 31.2 Å². The summed E-state index contributed by atoms with van der Waals surface area (Å²) in [6.45, 7) is 6.65. The van der Waals surface area contributed by atoms with Gasteiger partial charge in [-0.05, 0) is 68.0 Å². The smallest absolute Gasteiger partial charge is 0.323 e. The molecule has 2 aromatic heterocycles. The first-order chi connectivity index (χ1) is 20.5. The summed E-state index contributed by atoms with van der Waals surface area (Å²) in [7, 11) is 0.675. The van der Waals surface area contributed by atoms with Gasteiger partial charge in [0.05, 0.1) is 19.1 Å². The quantitative estimate of drug-likeness (QED) is 0.117. The van der Waals surface area contributed by atoms with Crippen LogP contribution in [0.4, 0.5) is 4.39 Å². The highest BCUT2D eigenvalue weighted by Crippen LogP contribution is 2.38. The van der Waals surface area contributed by atoms with Crippen LogP contribution in [0.5, 0.6) is 17.6 Å². The third kappa shape index (κ3) is 8.77. The maximum Gasteiger partial charge on any atom is 0.323 e. The van der Waals surface area contributed by atoms with Crippen LogP contribution in [0.1, 0.15) is 20.8 Å². The normalized spacial score (nSPS) is 12.2. The van der Waals surface area contributed by atoms with Crippen LogP contribution in [-0.4, -0.2) is 70.1 Å². The summed E-state index contributed by atoms with van der Waals surface area (Å²) < 4.78 is 37.4. The number of nitrogens with zero attached hydrogens (tertiary/aromatic N) is 4. The highest BCUT2D eigenvalue weighted by Gasteiger charge is 2.30. The molecule has 0 N–H and O–H groups in total. The molecule has 4 rings (SSSR count). The first kappa shape index (κ1) is 32.0.